The molecule has 2 aromatic carbocycles. The Hall–Kier alpha value is -2.91. The Morgan fingerprint density at radius 2 is 1.71 bits per heavy atom. The van der Waals surface area contributed by atoms with E-state index < -0.39 is 33.4 Å². The van der Waals surface area contributed by atoms with Crippen LogP contribution in [0.25, 0.3) is 0 Å². The first kappa shape index (κ1) is 25.7. The second kappa shape index (κ2) is 9.76. The fourth-order valence-corrected chi connectivity index (χ4v) is 5.33. The quantitative estimate of drug-likeness (QED) is 0.622. The van der Waals surface area contributed by atoms with Crippen LogP contribution in [-0.4, -0.2) is 53.5 Å². The van der Waals surface area contributed by atoms with Gasteiger partial charge in [-0.25, -0.2) is 12.7 Å². The predicted molar refractivity (Wildman–Crippen MR) is 129 cm³/mol. The van der Waals surface area contributed by atoms with Gasteiger partial charge < -0.3 is 10.2 Å². The number of halogens is 1. The van der Waals surface area contributed by atoms with E-state index in [-0.39, 0.29) is 35.9 Å². The van der Waals surface area contributed by atoms with E-state index in [9.17, 15) is 22.8 Å². The maximum atomic E-state index is 13.3. The van der Waals surface area contributed by atoms with Gasteiger partial charge >= 0.3 is 0 Å². The first-order chi connectivity index (χ1) is 15.8. The van der Waals surface area contributed by atoms with Gasteiger partial charge in [0.25, 0.3) is 15.9 Å². The average molecular weight is 506 g/mol. The summed E-state index contributed by atoms with van der Waals surface area (Å²) in [5.41, 5.74) is 0.346. The minimum Gasteiger partial charge on any atom is -0.350 e. The summed E-state index contributed by atoms with van der Waals surface area (Å²) >= 11 is 5.96. The van der Waals surface area contributed by atoms with Crippen LogP contribution in [0, 0.1) is 0 Å². The highest BCUT2D eigenvalue weighted by atomic mass is 35.5. The lowest BCUT2D eigenvalue weighted by Gasteiger charge is -2.32. The van der Waals surface area contributed by atoms with Crippen LogP contribution in [0.2, 0.25) is 5.02 Å². The lowest BCUT2D eigenvalue weighted by Crippen LogP contribution is -2.52. The number of carbonyl (C=O) groups excluding carboxylic acids is 3. The van der Waals surface area contributed by atoms with Gasteiger partial charge in [-0.15, -0.1) is 0 Å². The maximum Gasteiger partial charge on any atom is 0.269 e. The molecule has 8 nitrogen and oxygen atoms in total. The van der Waals surface area contributed by atoms with E-state index in [1.807, 2.05) is 20.8 Å². The van der Waals surface area contributed by atoms with Crippen molar-refractivity contribution in [3.05, 3.63) is 64.7 Å². The fourth-order valence-electron chi connectivity index (χ4n) is 3.64. The number of carbonyl (C=O) groups is 3. The van der Waals surface area contributed by atoms with Gasteiger partial charge in [0.05, 0.1) is 5.56 Å². The molecule has 0 fully saturated rings. The molecule has 0 bridgehead atoms. The number of nitrogens with one attached hydrogen (secondary N) is 1. The topological polar surface area (TPSA) is 104 Å². The molecule has 0 saturated heterocycles. The molecule has 182 valence electrons. The normalized spacial score (nSPS) is 15.6. The van der Waals surface area contributed by atoms with Crippen LogP contribution in [0.4, 0.5) is 0 Å². The van der Waals surface area contributed by atoms with E-state index >= 15 is 0 Å². The van der Waals surface area contributed by atoms with Gasteiger partial charge in [0.2, 0.25) is 11.8 Å². The number of benzene rings is 2. The number of nitrogens with zero attached hydrogens (tertiary/aromatic N) is 2. The molecule has 34 heavy (non-hydrogen) atoms. The molecule has 0 unspecified atom stereocenters. The summed E-state index contributed by atoms with van der Waals surface area (Å²) in [5.74, 6) is -1.45. The maximum absolute atomic E-state index is 13.3. The molecule has 1 N–H and O–H groups in total. The van der Waals surface area contributed by atoms with Crippen LogP contribution in [0.15, 0.2) is 53.4 Å². The summed E-state index contributed by atoms with van der Waals surface area (Å²) < 4.78 is 26.3. The molecule has 1 atom stereocenters. The second-order valence-electron chi connectivity index (χ2n) is 9.19. The molecule has 0 spiro atoms. The van der Waals surface area contributed by atoms with E-state index in [1.54, 1.807) is 43.3 Å². The Morgan fingerprint density at radius 1 is 1.09 bits per heavy atom. The molecule has 0 aliphatic carbocycles. The Morgan fingerprint density at radius 3 is 2.29 bits per heavy atom. The molecule has 1 aliphatic heterocycles. The van der Waals surface area contributed by atoms with Gasteiger partial charge in [-0.1, -0.05) is 35.9 Å². The summed E-state index contributed by atoms with van der Waals surface area (Å²) in [6.45, 7) is 6.93. The minimum atomic E-state index is -4.02. The standard InChI is InChI=1S/C24H28ClN3O5S/c1-16(22(30)26-24(2,3)4)27(15-17-9-11-18(25)12-10-17)21(29)13-14-28-23(31)19-7-5-6-8-20(19)34(28,32)33/h5-12,16H,13-15H2,1-4H3,(H,26,30)/t16-/m0/s1. The first-order valence-electron chi connectivity index (χ1n) is 10.8. The largest absolute Gasteiger partial charge is 0.350 e. The molecule has 3 amide bonds. The van der Waals surface area contributed by atoms with Crippen LogP contribution < -0.4 is 5.32 Å². The van der Waals surface area contributed by atoms with Crippen LogP contribution in [0.5, 0.6) is 0 Å². The number of sulfonamides is 1. The third-order valence-electron chi connectivity index (χ3n) is 5.37. The Balaban J connectivity index is 1.80. The highest BCUT2D eigenvalue weighted by Crippen LogP contribution is 2.30. The van der Waals surface area contributed by atoms with Crippen molar-refractivity contribution in [2.24, 2.45) is 0 Å². The zero-order valence-corrected chi connectivity index (χ0v) is 21.1. The molecular weight excluding hydrogens is 478 g/mol. The third-order valence-corrected chi connectivity index (χ3v) is 7.46. The van der Waals surface area contributed by atoms with Crippen molar-refractivity contribution in [1.29, 1.82) is 0 Å². The van der Waals surface area contributed by atoms with Crippen molar-refractivity contribution >= 4 is 39.3 Å². The van der Waals surface area contributed by atoms with Gasteiger partial charge in [-0.2, -0.15) is 0 Å². The molecule has 1 heterocycles. The van der Waals surface area contributed by atoms with Gasteiger partial charge in [-0.05, 0) is 57.5 Å². The summed E-state index contributed by atoms with van der Waals surface area (Å²) in [5, 5.41) is 3.40. The molecule has 2 aromatic rings. The van der Waals surface area contributed by atoms with Crippen LogP contribution in [0.3, 0.4) is 0 Å². The lowest BCUT2D eigenvalue weighted by molar-refractivity contribution is -0.141. The van der Waals surface area contributed by atoms with Crippen molar-refractivity contribution < 1.29 is 22.8 Å². The van der Waals surface area contributed by atoms with Gasteiger partial charge in [0, 0.05) is 30.1 Å². The number of amides is 3. The number of rotatable bonds is 7. The van der Waals surface area contributed by atoms with E-state index in [0.717, 1.165) is 9.87 Å². The predicted octanol–water partition coefficient (Wildman–Crippen LogP) is 3.21. The van der Waals surface area contributed by atoms with Crippen molar-refractivity contribution in [2.75, 3.05) is 6.54 Å². The van der Waals surface area contributed by atoms with E-state index in [4.69, 9.17) is 11.6 Å². The molecule has 0 radical (unpaired) electrons. The molecule has 3 rings (SSSR count). The summed E-state index contributed by atoms with van der Waals surface area (Å²) in [6.07, 6.45) is -0.264. The number of hydrogen-bond acceptors (Lipinski definition) is 5. The zero-order valence-electron chi connectivity index (χ0n) is 19.5. The lowest BCUT2D eigenvalue weighted by atomic mass is 10.1. The summed E-state index contributed by atoms with van der Waals surface area (Å²) in [6, 6.07) is 12.0. The zero-order chi connectivity index (χ0) is 25.3. The minimum absolute atomic E-state index is 0.0663. The Labute approximate surface area is 204 Å². The van der Waals surface area contributed by atoms with Crippen LogP contribution >= 0.6 is 11.6 Å². The van der Waals surface area contributed by atoms with Crippen molar-refractivity contribution in [1.82, 2.24) is 14.5 Å². The van der Waals surface area contributed by atoms with E-state index in [2.05, 4.69) is 5.32 Å². The molecule has 10 heteroatoms. The fraction of sp³-hybridized carbons (Fsp3) is 0.375. The van der Waals surface area contributed by atoms with Crippen molar-refractivity contribution in [2.45, 2.75) is 57.1 Å². The third kappa shape index (κ3) is 5.59. The average Bonchev–Trinajstić information content (AvgIpc) is 2.95. The van der Waals surface area contributed by atoms with E-state index in [0.29, 0.717) is 5.02 Å². The second-order valence-corrected chi connectivity index (χ2v) is 11.5. The number of hydrogen-bond donors (Lipinski definition) is 1. The van der Waals surface area contributed by atoms with Gasteiger partial charge in [0.15, 0.2) is 0 Å². The van der Waals surface area contributed by atoms with Gasteiger partial charge in [0.1, 0.15) is 10.9 Å². The van der Waals surface area contributed by atoms with Gasteiger partial charge in [-0.3, -0.25) is 14.4 Å². The van der Waals surface area contributed by atoms with Crippen LogP contribution in [-0.2, 0) is 26.2 Å². The summed E-state index contributed by atoms with van der Waals surface area (Å²) in [7, 11) is -4.02. The molecule has 0 saturated carbocycles. The molecule has 0 aromatic heterocycles. The molecule has 1 aliphatic rings. The van der Waals surface area contributed by atoms with Crippen LogP contribution in [0.1, 0.15) is 50.0 Å². The molecular formula is C24H28ClN3O5S. The first-order valence-corrected chi connectivity index (χ1v) is 12.6. The Kier molecular flexibility index (Phi) is 7.38. The highest BCUT2D eigenvalue weighted by molar-refractivity contribution is 7.90. The number of fused-ring (bicyclic) bond motifs is 1. The summed E-state index contributed by atoms with van der Waals surface area (Å²) in [4.78, 5) is 40.1. The SMILES string of the molecule is C[C@@H](C(=O)NC(C)(C)C)N(Cc1ccc(Cl)cc1)C(=O)CCN1C(=O)c2ccccc2S1(=O)=O. The van der Waals surface area contributed by atoms with Crippen molar-refractivity contribution in [3.63, 3.8) is 0 Å². The van der Waals surface area contributed by atoms with E-state index in [1.165, 1.54) is 17.0 Å². The smallest absolute Gasteiger partial charge is 0.269 e. The highest BCUT2D eigenvalue weighted by Gasteiger charge is 2.41. The Bertz CT molecular complexity index is 1210. The monoisotopic (exact) mass is 505 g/mol. The van der Waals surface area contributed by atoms with Crippen molar-refractivity contribution in [3.8, 4) is 0 Å².